The average molecular weight is 457 g/mol. The molecule has 1 atom stereocenters. The van der Waals surface area contributed by atoms with Crippen molar-refractivity contribution in [3.8, 4) is 0 Å². The van der Waals surface area contributed by atoms with Crippen molar-refractivity contribution in [1.82, 2.24) is 30.1 Å². The molecule has 5 rings (SSSR count). The predicted molar refractivity (Wildman–Crippen MR) is 134 cm³/mol. The number of fused-ring (bicyclic) bond motifs is 2. The Kier molecular flexibility index (Phi) is 5.60. The van der Waals surface area contributed by atoms with Crippen LogP contribution in [-0.4, -0.2) is 36.6 Å². The van der Waals surface area contributed by atoms with Crippen LogP contribution in [0.3, 0.4) is 0 Å². The number of benzene rings is 2. The summed E-state index contributed by atoms with van der Waals surface area (Å²) >= 11 is 0. The Morgan fingerprint density at radius 3 is 2.65 bits per heavy atom. The van der Waals surface area contributed by atoms with E-state index in [1.54, 1.807) is 0 Å². The lowest BCUT2D eigenvalue weighted by Gasteiger charge is -2.36. The topological polar surface area (TPSA) is 79.7 Å². The van der Waals surface area contributed by atoms with Crippen molar-refractivity contribution in [2.24, 2.45) is 0 Å². The van der Waals surface area contributed by atoms with Gasteiger partial charge in [0, 0.05) is 18.7 Å². The van der Waals surface area contributed by atoms with Gasteiger partial charge in [-0.3, -0.25) is 9.69 Å². The van der Waals surface area contributed by atoms with Gasteiger partial charge in [-0.2, -0.15) is 0 Å². The fourth-order valence-electron chi connectivity index (χ4n) is 4.93. The highest BCUT2D eigenvalue weighted by Gasteiger charge is 2.35. The second-order valence-corrected chi connectivity index (χ2v) is 10.0. The molecule has 0 fully saturated rings. The van der Waals surface area contributed by atoms with Gasteiger partial charge in [0.15, 0.2) is 5.82 Å². The first-order chi connectivity index (χ1) is 16.3. The maximum absolute atomic E-state index is 13.6. The molecule has 4 aromatic rings. The Morgan fingerprint density at radius 2 is 1.88 bits per heavy atom. The molecule has 7 heteroatoms. The van der Waals surface area contributed by atoms with E-state index < -0.39 is 0 Å². The van der Waals surface area contributed by atoms with Crippen LogP contribution in [-0.2, 0) is 18.5 Å². The molecule has 34 heavy (non-hydrogen) atoms. The first kappa shape index (κ1) is 22.5. The molecule has 0 aliphatic carbocycles. The zero-order valence-corrected chi connectivity index (χ0v) is 20.6. The van der Waals surface area contributed by atoms with Crippen molar-refractivity contribution >= 4 is 10.9 Å². The number of hydrogen-bond donors (Lipinski definition) is 1. The van der Waals surface area contributed by atoms with Crippen LogP contribution >= 0.6 is 0 Å². The number of tetrazole rings is 1. The lowest BCUT2D eigenvalue weighted by molar-refractivity contribution is 0.181. The third kappa shape index (κ3) is 3.74. The molecule has 3 heterocycles. The molecule has 1 N–H and O–H groups in total. The summed E-state index contributed by atoms with van der Waals surface area (Å²) in [4.78, 5) is 19.1. The van der Waals surface area contributed by atoms with Crippen molar-refractivity contribution in [3.05, 3.63) is 86.5 Å². The van der Waals surface area contributed by atoms with Crippen molar-refractivity contribution < 1.29 is 0 Å². The summed E-state index contributed by atoms with van der Waals surface area (Å²) in [7, 11) is 0. The third-order valence-corrected chi connectivity index (χ3v) is 7.58. The molecular formula is C27H32N6O. The second-order valence-electron chi connectivity index (χ2n) is 10.0. The summed E-state index contributed by atoms with van der Waals surface area (Å²) in [5.41, 5.74) is 6.12. The van der Waals surface area contributed by atoms with Gasteiger partial charge in [-0.15, -0.1) is 5.10 Å². The molecule has 1 aliphatic heterocycles. The van der Waals surface area contributed by atoms with E-state index in [1.807, 2.05) is 10.7 Å². The van der Waals surface area contributed by atoms with Gasteiger partial charge in [0.05, 0.1) is 11.1 Å². The average Bonchev–Trinajstić information content (AvgIpc) is 3.33. The molecule has 0 amide bonds. The van der Waals surface area contributed by atoms with Crippen LogP contribution in [0.15, 0.2) is 47.3 Å². The summed E-state index contributed by atoms with van der Waals surface area (Å²) < 4.78 is 1.90. The number of aryl methyl sites for hydroxylation is 2. The Labute approximate surface area is 199 Å². The predicted octanol–water partition coefficient (Wildman–Crippen LogP) is 4.42. The van der Waals surface area contributed by atoms with Gasteiger partial charge in [-0.1, -0.05) is 43.3 Å². The molecule has 176 valence electrons. The quantitative estimate of drug-likeness (QED) is 0.481. The Bertz CT molecular complexity index is 1420. The van der Waals surface area contributed by atoms with Crippen LogP contribution in [0.25, 0.3) is 10.9 Å². The number of aromatic amines is 1. The van der Waals surface area contributed by atoms with E-state index in [1.165, 1.54) is 11.1 Å². The van der Waals surface area contributed by atoms with E-state index in [0.29, 0.717) is 11.4 Å². The van der Waals surface area contributed by atoms with Gasteiger partial charge in [0.25, 0.3) is 5.56 Å². The van der Waals surface area contributed by atoms with E-state index >= 15 is 0 Å². The van der Waals surface area contributed by atoms with Crippen LogP contribution < -0.4 is 5.56 Å². The monoisotopic (exact) mass is 456 g/mol. The third-order valence-electron chi connectivity index (χ3n) is 7.58. The first-order valence-corrected chi connectivity index (χ1v) is 12.0. The van der Waals surface area contributed by atoms with Gasteiger partial charge in [-0.05, 0) is 84.7 Å². The van der Waals surface area contributed by atoms with E-state index in [9.17, 15) is 4.79 Å². The van der Waals surface area contributed by atoms with Crippen LogP contribution in [0, 0.1) is 13.8 Å². The zero-order chi connectivity index (χ0) is 24.0. The smallest absolute Gasteiger partial charge is 0.253 e. The van der Waals surface area contributed by atoms with Crippen molar-refractivity contribution in [3.63, 3.8) is 0 Å². The number of aromatic nitrogens is 5. The van der Waals surface area contributed by atoms with Crippen LogP contribution in [0.1, 0.15) is 66.9 Å². The molecular weight excluding hydrogens is 424 g/mol. The first-order valence-electron chi connectivity index (χ1n) is 12.0. The number of nitrogens with one attached hydrogen (secondary N) is 1. The SMILES string of the molecule is CCC(C)(C)n1nnnc1C(c1cc2ccc(C)c(C)c2[nH]c1=O)N1CCc2ccccc2C1. The minimum atomic E-state index is -0.357. The summed E-state index contributed by atoms with van der Waals surface area (Å²) in [5, 5.41) is 14.0. The number of rotatable bonds is 5. The summed E-state index contributed by atoms with van der Waals surface area (Å²) in [5.74, 6) is 0.708. The minimum Gasteiger partial charge on any atom is -0.321 e. The molecule has 2 aromatic heterocycles. The number of H-pyrrole nitrogens is 1. The standard InChI is InChI=1S/C27H32N6O/c1-6-27(4,5)33-25(29-30-31-33)24(32-14-13-19-9-7-8-10-21(19)16-32)22-15-20-12-11-17(2)18(3)23(20)28-26(22)34/h7-12,15,24H,6,13-14,16H2,1-5H3,(H,28,34). The van der Waals surface area contributed by atoms with E-state index in [4.69, 9.17) is 0 Å². The minimum absolute atomic E-state index is 0.0890. The number of hydrogen-bond acceptors (Lipinski definition) is 5. The van der Waals surface area contributed by atoms with Gasteiger partial charge in [-0.25, -0.2) is 4.68 Å². The molecule has 0 spiro atoms. The number of pyridine rings is 1. The normalized spacial score (nSPS) is 15.4. The number of nitrogens with zero attached hydrogens (tertiary/aromatic N) is 5. The van der Waals surface area contributed by atoms with E-state index in [0.717, 1.165) is 48.0 Å². The van der Waals surface area contributed by atoms with Gasteiger partial charge in [0.1, 0.15) is 6.04 Å². The highest BCUT2D eigenvalue weighted by molar-refractivity contribution is 5.83. The van der Waals surface area contributed by atoms with Gasteiger partial charge in [0.2, 0.25) is 0 Å². The lowest BCUT2D eigenvalue weighted by Crippen LogP contribution is -2.40. The molecule has 1 unspecified atom stereocenters. The second kappa shape index (κ2) is 8.47. The van der Waals surface area contributed by atoms with E-state index in [2.05, 4.69) is 96.4 Å². The van der Waals surface area contributed by atoms with Crippen molar-refractivity contribution in [1.29, 1.82) is 0 Å². The van der Waals surface area contributed by atoms with E-state index in [-0.39, 0.29) is 17.1 Å². The van der Waals surface area contributed by atoms with Crippen molar-refractivity contribution in [2.75, 3.05) is 6.54 Å². The Balaban J connectivity index is 1.71. The fourth-order valence-corrected chi connectivity index (χ4v) is 4.93. The maximum atomic E-state index is 13.6. The van der Waals surface area contributed by atoms with Gasteiger partial charge < -0.3 is 4.98 Å². The summed E-state index contributed by atoms with van der Waals surface area (Å²) in [6, 6.07) is 14.4. The maximum Gasteiger partial charge on any atom is 0.253 e. The molecule has 0 saturated heterocycles. The van der Waals surface area contributed by atoms with Crippen molar-refractivity contribution in [2.45, 2.75) is 65.6 Å². The molecule has 2 aromatic carbocycles. The Morgan fingerprint density at radius 1 is 1.12 bits per heavy atom. The molecule has 1 aliphatic rings. The summed E-state index contributed by atoms with van der Waals surface area (Å²) in [6.07, 6.45) is 1.79. The van der Waals surface area contributed by atoms with Crippen LogP contribution in [0.5, 0.6) is 0 Å². The largest absolute Gasteiger partial charge is 0.321 e. The highest BCUT2D eigenvalue weighted by atomic mass is 16.1. The molecule has 7 nitrogen and oxygen atoms in total. The molecule has 0 radical (unpaired) electrons. The Hall–Kier alpha value is -3.32. The van der Waals surface area contributed by atoms with Gasteiger partial charge >= 0.3 is 0 Å². The molecule has 0 bridgehead atoms. The zero-order valence-electron chi connectivity index (χ0n) is 20.6. The molecule has 0 saturated carbocycles. The summed E-state index contributed by atoms with van der Waals surface area (Å²) in [6.45, 7) is 12.1. The van der Waals surface area contributed by atoms with Crippen LogP contribution in [0.2, 0.25) is 0 Å². The fraction of sp³-hybridized carbons (Fsp3) is 0.407. The lowest BCUT2D eigenvalue weighted by atomic mass is 9.94. The van der Waals surface area contributed by atoms with Crippen LogP contribution in [0.4, 0.5) is 0 Å². The highest BCUT2D eigenvalue weighted by Crippen LogP contribution is 2.34.